The van der Waals surface area contributed by atoms with Crippen LogP contribution >= 0.6 is 23.1 Å². The second kappa shape index (κ2) is 5.93. The number of aryl methyl sites for hydroxylation is 1. The molecule has 0 aliphatic carbocycles. The molecule has 3 rings (SSSR count). The minimum Gasteiger partial charge on any atom is -0.353 e. The minimum absolute atomic E-state index is 0.152. The van der Waals surface area contributed by atoms with E-state index in [4.69, 9.17) is 0 Å². The summed E-state index contributed by atoms with van der Waals surface area (Å²) in [5.74, 6) is -0.0195. The second-order valence-electron chi connectivity index (χ2n) is 4.65. The molecule has 0 aliphatic rings. The van der Waals surface area contributed by atoms with Gasteiger partial charge in [-0.2, -0.15) is 0 Å². The van der Waals surface area contributed by atoms with Crippen molar-refractivity contribution in [2.45, 2.75) is 12.1 Å². The summed E-state index contributed by atoms with van der Waals surface area (Å²) >= 11 is 2.57. The lowest BCUT2D eigenvalue weighted by Crippen LogP contribution is -2.21. The van der Waals surface area contributed by atoms with Crippen LogP contribution in [0.15, 0.2) is 27.6 Å². The number of carbonyl (C=O) groups excluding carboxylic acids is 1. The van der Waals surface area contributed by atoms with Crippen LogP contribution in [0.25, 0.3) is 11.0 Å². The van der Waals surface area contributed by atoms with Gasteiger partial charge in [0.05, 0.1) is 11.3 Å². The third-order valence-electron chi connectivity index (χ3n) is 2.96. The number of nitrogens with one attached hydrogen (secondary N) is 2. The number of amides is 1. The molecule has 3 heterocycles. The maximum atomic E-state index is 12.2. The number of fused-ring (bicyclic) bond motifs is 1. The SMILES string of the molecule is Cc1cc2nc(SCC(=O)Nc3nccs3)n(C)c(=O)c2[nH]1. The average molecular weight is 335 g/mol. The standard InChI is InChI=1S/C13H13N5O2S2/c1-7-5-8-10(15-7)11(20)18(2)13(16-8)22-6-9(19)17-12-14-3-4-21-12/h3-5,15H,6H2,1-2H3,(H,14,17,19). The third kappa shape index (κ3) is 2.90. The van der Waals surface area contributed by atoms with Crippen LogP contribution in [0, 0.1) is 6.92 Å². The normalized spacial score (nSPS) is 11.0. The predicted molar refractivity (Wildman–Crippen MR) is 87.5 cm³/mol. The van der Waals surface area contributed by atoms with Crippen molar-refractivity contribution in [3.8, 4) is 0 Å². The van der Waals surface area contributed by atoms with Crippen LogP contribution in [0.3, 0.4) is 0 Å². The van der Waals surface area contributed by atoms with Gasteiger partial charge in [-0.05, 0) is 13.0 Å². The maximum Gasteiger partial charge on any atom is 0.278 e. The first-order valence-electron chi connectivity index (χ1n) is 6.43. The maximum absolute atomic E-state index is 12.2. The molecule has 0 spiro atoms. The summed E-state index contributed by atoms with van der Waals surface area (Å²) in [6.07, 6.45) is 1.63. The van der Waals surface area contributed by atoms with Crippen molar-refractivity contribution in [1.82, 2.24) is 19.5 Å². The fourth-order valence-corrected chi connectivity index (χ4v) is 3.27. The van der Waals surface area contributed by atoms with Crippen molar-refractivity contribution in [3.63, 3.8) is 0 Å². The third-order valence-corrected chi connectivity index (χ3v) is 4.68. The van der Waals surface area contributed by atoms with Crippen molar-refractivity contribution in [2.24, 2.45) is 7.05 Å². The Balaban J connectivity index is 1.77. The summed E-state index contributed by atoms with van der Waals surface area (Å²) in [5.41, 5.74) is 1.82. The Labute approximate surface area is 133 Å². The molecule has 0 radical (unpaired) electrons. The van der Waals surface area contributed by atoms with Gasteiger partial charge in [0, 0.05) is 24.3 Å². The summed E-state index contributed by atoms with van der Waals surface area (Å²) < 4.78 is 1.44. The van der Waals surface area contributed by atoms with Gasteiger partial charge in [-0.3, -0.25) is 14.2 Å². The van der Waals surface area contributed by atoms with Crippen molar-refractivity contribution >= 4 is 45.2 Å². The first kappa shape index (κ1) is 14.8. The summed E-state index contributed by atoms with van der Waals surface area (Å²) in [6.45, 7) is 1.87. The first-order valence-corrected chi connectivity index (χ1v) is 8.29. The van der Waals surface area contributed by atoms with E-state index < -0.39 is 0 Å². The molecule has 0 fully saturated rings. The Morgan fingerprint density at radius 1 is 1.55 bits per heavy atom. The number of aromatic amines is 1. The molecule has 0 saturated heterocycles. The quantitative estimate of drug-likeness (QED) is 0.560. The zero-order chi connectivity index (χ0) is 15.7. The van der Waals surface area contributed by atoms with Gasteiger partial charge in [-0.25, -0.2) is 9.97 Å². The summed E-state index contributed by atoms with van der Waals surface area (Å²) in [4.78, 5) is 35.5. The molecule has 0 atom stereocenters. The number of aromatic nitrogens is 4. The number of hydrogen-bond acceptors (Lipinski definition) is 6. The van der Waals surface area contributed by atoms with Gasteiger partial charge in [0.25, 0.3) is 5.56 Å². The topological polar surface area (TPSA) is 92.7 Å². The number of rotatable bonds is 4. The van der Waals surface area contributed by atoms with E-state index in [9.17, 15) is 9.59 Å². The highest BCUT2D eigenvalue weighted by Crippen LogP contribution is 2.18. The first-order chi connectivity index (χ1) is 10.5. The van der Waals surface area contributed by atoms with Gasteiger partial charge in [-0.15, -0.1) is 11.3 Å². The number of thiazole rings is 1. The molecule has 2 N–H and O–H groups in total. The van der Waals surface area contributed by atoms with Crippen molar-refractivity contribution < 1.29 is 4.79 Å². The van der Waals surface area contributed by atoms with Gasteiger partial charge < -0.3 is 10.3 Å². The van der Waals surface area contributed by atoms with E-state index in [1.54, 1.807) is 18.6 Å². The van der Waals surface area contributed by atoms with E-state index in [0.717, 1.165) is 5.69 Å². The summed E-state index contributed by atoms with van der Waals surface area (Å²) in [6, 6.07) is 1.82. The van der Waals surface area contributed by atoms with E-state index >= 15 is 0 Å². The molecule has 22 heavy (non-hydrogen) atoms. The highest BCUT2D eigenvalue weighted by atomic mass is 32.2. The van der Waals surface area contributed by atoms with Crippen LogP contribution in [0.2, 0.25) is 0 Å². The molecule has 0 aliphatic heterocycles. The highest BCUT2D eigenvalue weighted by Gasteiger charge is 2.12. The predicted octanol–water partition coefficient (Wildman–Crippen LogP) is 1.76. The number of H-pyrrole nitrogens is 1. The molecule has 0 bridgehead atoms. The Morgan fingerprint density at radius 3 is 3.09 bits per heavy atom. The van der Waals surface area contributed by atoms with Gasteiger partial charge in [0.15, 0.2) is 10.3 Å². The molecule has 114 valence electrons. The fraction of sp³-hybridized carbons (Fsp3) is 0.231. The number of hydrogen-bond donors (Lipinski definition) is 2. The summed E-state index contributed by atoms with van der Waals surface area (Å²) in [5, 5.41) is 5.55. The molecule has 1 amide bonds. The lowest BCUT2D eigenvalue weighted by atomic mass is 10.4. The fourth-order valence-electron chi connectivity index (χ4n) is 1.96. The van der Waals surface area contributed by atoms with Gasteiger partial charge in [-0.1, -0.05) is 11.8 Å². The number of carbonyl (C=O) groups is 1. The van der Waals surface area contributed by atoms with Crippen LogP contribution in [-0.2, 0) is 11.8 Å². The number of thioether (sulfide) groups is 1. The van der Waals surface area contributed by atoms with Crippen LogP contribution in [-0.4, -0.2) is 31.2 Å². The number of nitrogens with zero attached hydrogens (tertiary/aromatic N) is 3. The molecule has 7 nitrogen and oxygen atoms in total. The number of anilines is 1. The van der Waals surface area contributed by atoms with Gasteiger partial charge in [0.2, 0.25) is 5.91 Å². The van der Waals surface area contributed by atoms with Crippen LogP contribution in [0.4, 0.5) is 5.13 Å². The summed E-state index contributed by atoms with van der Waals surface area (Å²) in [7, 11) is 1.64. The smallest absolute Gasteiger partial charge is 0.278 e. The Morgan fingerprint density at radius 2 is 2.36 bits per heavy atom. The zero-order valence-corrected chi connectivity index (χ0v) is 13.5. The lowest BCUT2D eigenvalue weighted by molar-refractivity contribution is -0.113. The average Bonchev–Trinajstić information content (AvgIpc) is 3.10. The highest BCUT2D eigenvalue weighted by molar-refractivity contribution is 7.99. The largest absolute Gasteiger partial charge is 0.353 e. The van der Waals surface area contributed by atoms with Gasteiger partial charge in [0.1, 0.15) is 5.52 Å². The second-order valence-corrected chi connectivity index (χ2v) is 6.48. The van der Waals surface area contributed by atoms with E-state index in [1.165, 1.54) is 27.7 Å². The van der Waals surface area contributed by atoms with E-state index in [0.29, 0.717) is 21.3 Å². The van der Waals surface area contributed by atoms with E-state index in [-0.39, 0.29) is 17.2 Å². The van der Waals surface area contributed by atoms with Crippen molar-refractivity contribution in [2.75, 3.05) is 11.1 Å². The van der Waals surface area contributed by atoms with E-state index in [2.05, 4.69) is 20.3 Å². The molecule has 0 unspecified atom stereocenters. The van der Waals surface area contributed by atoms with Crippen LogP contribution in [0.5, 0.6) is 0 Å². The molecular formula is C13H13N5O2S2. The van der Waals surface area contributed by atoms with Crippen LogP contribution in [0.1, 0.15) is 5.69 Å². The van der Waals surface area contributed by atoms with Crippen LogP contribution < -0.4 is 10.9 Å². The van der Waals surface area contributed by atoms with E-state index in [1.807, 2.05) is 13.0 Å². The lowest BCUT2D eigenvalue weighted by Gasteiger charge is -2.06. The Bertz CT molecular complexity index is 882. The Kier molecular flexibility index (Phi) is 3.99. The van der Waals surface area contributed by atoms with Gasteiger partial charge >= 0.3 is 0 Å². The Hall–Kier alpha value is -2.13. The molecule has 0 aromatic carbocycles. The molecule has 3 aromatic heterocycles. The molecule has 0 saturated carbocycles. The zero-order valence-electron chi connectivity index (χ0n) is 11.9. The molecule has 9 heteroatoms. The molecule has 3 aromatic rings. The van der Waals surface area contributed by atoms with Crippen molar-refractivity contribution in [3.05, 3.63) is 33.7 Å². The van der Waals surface area contributed by atoms with Crippen molar-refractivity contribution in [1.29, 1.82) is 0 Å². The monoisotopic (exact) mass is 335 g/mol. The minimum atomic E-state index is -0.181. The molecular weight excluding hydrogens is 322 g/mol.